The molecule has 0 aromatic rings. The molecule has 0 bridgehead atoms. The second-order valence-corrected chi connectivity index (χ2v) is 16.0. The van der Waals surface area contributed by atoms with E-state index in [0.29, 0.717) is 16.9 Å². The molecule has 0 aromatic heterocycles. The van der Waals surface area contributed by atoms with Gasteiger partial charge in [-0.15, -0.1) is 0 Å². The predicted octanol–water partition coefficient (Wildman–Crippen LogP) is 6.25. The minimum Gasteiger partial charge on any atom is -0.415 e. The van der Waals surface area contributed by atoms with Gasteiger partial charge < -0.3 is 9.26 Å². The normalized spacial score (nSPS) is 48.7. The minimum absolute atomic E-state index is 0.304. The zero-order valence-corrected chi connectivity index (χ0v) is 19.5. The van der Waals surface area contributed by atoms with Gasteiger partial charge in [-0.3, -0.25) is 0 Å². The molecule has 27 heavy (non-hydrogen) atoms. The summed E-state index contributed by atoms with van der Waals surface area (Å²) in [7, 11) is 0.283. The van der Waals surface area contributed by atoms with Crippen LogP contribution < -0.4 is 0 Å². The van der Waals surface area contributed by atoms with Gasteiger partial charge in [-0.05, 0) is 107 Å². The number of hydrogen-bond donors (Lipinski definition) is 0. The Morgan fingerprint density at radius 2 is 1.74 bits per heavy atom. The maximum atomic E-state index is 6.54. The van der Waals surface area contributed by atoms with Crippen LogP contribution in [-0.4, -0.2) is 27.2 Å². The molecule has 4 fully saturated rings. The highest BCUT2D eigenvalue weighted by Gasteiger charge is 2.59. The zero-order chi connectivity index (χ0) is 19.4. The Balaban J connectivity index is 1.52. The van der Waals surface area contributed by atoms with E-state index in [-0.39, 0.29) is 0 Å². The van der Waals surface area contributed by atoms with Crippen LogP contribution in [0.4, 0.5) is 0 Å². The molecule has 4 aliphatic rings. The second-order valence-electron chi connectivity index (χ2n) is 11.5. The molecule has 0 radical (unpaired) electrons. The lowest BCUT2D eigenvalue weighted by molar-refractivity contribution is -0.111. The Hall–Kier alpha value is -0.353. The molecular weight excluding hydrogens is 350 g/mol. The van der Waals surface area contributed by atoms with Gasteiger partial charge in [-0.25, -0.2) is 0 Å². The van der Waals surface area contributed by atoms with Crippen LogP contribution in [-0.2, 0) is 9.26 Å². The summed E-state index contributed by atoms with van der Waals surface area (Å²) in [5.41, 5.74) is 2.21. The van der Waals surface area contributed by atoms with Gasteiger partial charge in [0.1, 0.15) is 7.11 Å². The van der Waals surface area contributed by atoms with Crippen molar-refractivity contribution in [3.63, 3.8) is 0 Å². The Kier molecular flexibility index (Phi) is 5.07. The van der Waals surface area contributed by atoms with Crippen molar-refractivity contribution in [2.75, 3.05) is 7.11 Å². The van der Waals surface area contributed by atoms with Gasteiger partial charge in [0, 0.05) is 11.5 Å². The van der Waals surface area contributed by atoms with Crippen LogP contribution in [0.15, 0.2) is 5.16 Å². The van der Waals surface area contributed by atoms with E-state index in [1.54, 1.807) is 7.11 Å². The summed E-state index contributed by atoms with van der Waals surface area (Å²) in [6.07, 6.45) is 12.6. The van der Waals surface area contributed by atoms with Gasteiger partial charge in [-0.1, -0.05) is 19.0 Å². The number of fused-ring (bicyclic) bond motifs is 5. The summed E-state index contributed by atoms with van der Waals surface area (Å²) in [4.78, 5) is 5.21. The molecule has 0 amide bonds. The highest BCUT2D eigenvalue weighted by molar-refractivity contribution is 6.69. The van der Waals surface area contributed by atoms with Gasteiger partial charge in [-0.2, -0.15) is 0 Å². The van der Waals surface area contributed by atoms with Crippen LogP contribution >= 0.6 is 0 Å². The van der Waals surface area contributed by atoms with E-state index < -0.39 is 8.32 Å². The van der Waals surface area contributed by atoms with E-state index in [9.17, 15) is 0 Å². The quantitative estimate of drug-likeness (QED) is 0.420. The first-order valence-corrected chi connectivity index (χ1v) is 14.9. The lowest BCUT2D eigenvalue weighted by Crippen LogP contribution is -2.54. The Morgan fingerprint density at radius 3 is 2.44 bits per heavy atom. The average molecular weight is 392 g/mol. The molecule has 4 aliphatic carbocycles. The zero-order valence-electron chi connectivity index (χ0n) is 18.5. The van der Waals surface area contributed by atoms with Crippen LogP contribution in [0.1, 0.15) is 71.6 Å². The monoisotopic (exact) mass is 391 g/mol. The van der Waals surface area contributed by atoms with Gasteiger partial charge >= 0.3 is 0 Å². The first-order chi connectivity index (χ1) is 12.7. The van der Waals surface area contributed by atoms with Gasteiger partial charge in [0.2, 0.25) is 0 Å². The fourth-order valence-electron chi connectivity index (χ4n) is 7.87. The smallest absolute Gasteiger partial charge is 0.184 e. The SMILES string of the molecule is CO/N=C1\CCC2C3CC[C@H]4C[C@H](O[Si](C)(C)C)CC[C@]4(C)C3CC[C@]12C. The molecule has 0 saturated heterocycles. The number of hydrogen-bond acceptors (Lipinski definition) is 3. The summed E-state index contributed by atoms with van der Waals surface area (Å²) >= 11 is 0. The largest absolute Gasteiger partial charge is 0.415 e. The lowest BCUT2D eigenvalue weighted by Gasteiger charge is -2.60. The molecule has 7 atom stereocenters. The molecule has 0 N–H and O–H groups in total. The summed E-state index contributed by atoms with van der Waals surface area (Å²) in [6.45, 7) is 12.2. The molecule has 4 saturated carbocycles. The van der Waals surface area contributed by atoms with E-state index in [1.807, 2.05) is 0 Å². The van der Waals surface area contributed by atoms with E-state index in [4.69, 9.17) is 9.26 Å². The summed E-state index contributed by atoms with van der Waals surface area (Å²) in [5, 5.41) is 4.46. The minimum atomic E-state index is -1.43. The van der Waals surface area contributed by atoms with Crippen LogP contribution in [0.2, 0.25) is 19.6 Å². The van der Waals surface area contributed by atoms with Gasteiger partial charge in [0.25, 0.3) is 0 Å². The van der Waals surface area contributed by atoms with Crippen molar-refractivity contribution in [1.29, 1.82) is 0 Å². The van der Waals surface area contributed by atoms with E-state index in [1.165, 1.54) is 57.1 Å². The Bertz CT molecular complexity index is 600. The number of rotatable bonds is 3. The molecule has 0 spiro atoms. The van der Waals surface area contributed by atoms with Crippen molar-refractivity contribution in [3.8, 4) is 0 Å². The standard InChI is InChI=1S/C23H41NO2Si/c1-22-13-11-17(26-27(4,5)6)15-16(22)7-8-18-19-9-10-21(24-25-3)23(19,2)14-12-20(18)22/h16-20H,7-15H2,1-6H3/b24-21+/t16-,17+,18?,19?,20?,22-,23-/m0/s1. The van der Waals surface area contributed by atoms with Gasteiger partial charge in [0.15, 0.2) is 8.32 Å². The van der Waals surface area contributed by atoms with Crippen molar-refractivity contribution in [2.45, 2.75) is 97.4 Å². The lowest BCUT2D eigenvalue weighted by atomic mass is 9.45. The number of nitrogens with zero attached hydrogens (tertiary/aromatic N) is 1. The summed E-state index contributed by atoms with van der Waals surface area (Å²) in [6, 6.07) is 0. The topological polar surface area (TPSA) is 30.8 Å². The van der Waals surface area contributed by atoms with Gasteiger partial charge in [0.05, 0.1) is 5.71 Å². The van der Waals surface area contributed by atoms with Crippen LogP contribution in [0.3, 0.4) is 0 Å². The summed E-state index contributed by atoms with van der Waals surface area (Å²) in [5.74, 6) is 3.54. The Labute approximate surface area is 167 Å². The Morgan fingerprint density at radius 1 is 0.963 bits per heavy atom. The molecule has 0 aromatic carbocycles. The fraction of sp³-hybridized carbons (Fsp3) is 0.957. The second kappa shape index (κ2) is 6.86. The van der Waals surface area contributed by atoms with Crippen LogP contribution in [0.25, 0.3) is 0 Å². The maximum absolute atomic E-state index is 6.54. The first-order valence-electron chi connectivity index (χ1n) is 11.5. The molecule has 154 valence electrons. The van der Waals surface area contributed by atoms with Crippen molar-refractivity contribution in [3.05, 3.63) is 0 Å². The predicted molar refractivity (Wildman–Crippen MR) is 114 cm³/mol. The highest BCUT2D eigenvalue weighted by atomic mass is 28.4. The third kappa shape index (κ3) is 3.33. The molecule has 3 nitrogen and oxygen atoms in total. The molecule has 3 unspecified atom stereocenters. The van der Waals surface area contributed by atoms with E-state index in [0.717, 1.165) is 30.1 Å². The first kappa shape index (κ1) is 19.9. The molecular formula is C23H41NO2Si. The van der Waals surface area contributed by atoms with Crippen LogP contribution in [0.5, 0.6) is 0 Å². The van der Waals surface area contributed by atoms with Crippen molar-refractivity contribution in [1.82, 2.24) is 0 Å². The fourth-order valence-corrected chi connectivity index (χ4v) is 9.09. The third-order valence-electron chi connectivity index (χ3n) is 9.08. The van der Waals surface area contributed by atoms with Crippen LogP contribution in [0, 0.1) is 34.5 Å². The third-order valence-corrected chi connectivity index (χ3v) is 10.1. The molecule has 0 heterocycles. The van der Waals surface area contributed by atoms with E-state index in [2.05, 4.69) is 38.6 Å². The molecule has 4 rings (SSSR count). The summed E-state index contributed by atoms with van der Waals surface area (Å²) < 4.78 is 6.54. The van der Waals surface area contributed by atoms with Crippen molar-refractivity contribution >= 4 is 14.0 Å². The van der Waals surface area contributed by atoms with Crippen molar-refractivity contribution < 1.29 is 9.26 Å². The highest BCUT2D eigenvalue weighted by Crippen LogP contribution is 2.65. The maximum Gasteiger partial charge on any atom is 0.184 e. The number of oxime groups is 1. The molecule has 4 heteroatoms. The van der Waals surface area contributed by atoms with Crippen molar-refractivity contribution in [2.24, 2.45) is 39.7 Å². The average Bonchev–Trinajstić information content (AvgIpc) is 2.91. The molecule has 0 aliphatic heterocycles. The van der Waals surface area contributed by atoms with E-state index >= 15 is 0 Å².